The fraction of sp³-hybridized carbons (Fsp3) is 0.600. The zero-order chi connectivity index (χ0) is 13.9. The van der Waals surface area contributed by atoms with Crippen molar-refractivity contribution in [2.75, 3.05) is 6.54 Å². The number of rotatable bonds is 5. The summed E-state index contributed by atoms with van der Waals surface area (Å²) in [4.78, 5) is 0. The van der Waals surface area contributed by atoms with E-state index >= 15 is 0 Å². The fourth-order valence-electron chi connectivity index (χ4n) is 1.98. The largest absolute Gasteiger partial charge is 0.314 e. The highest BCUT2D eigenvalue weighted by molar-refractivity contribution is 5.29. The van der Waals surface area contributed by atoms with Gasteiger partial charge >= 0.3 is 0 Å². The number of nitrogens with one attached hydrogen (secondary N) is 1. The van der Waals surface area contributed by atoms with E-state index in [4.69, 9.17) is 0 Å². The number of halogens is 2. The summed E-state index contributed by atoms with van der Waals surface area (Å²) in [6.07, 6.45) is 0. The van der Waals surface area contributed by atoms with Crippen LogP contribution in [0.2, 0.25) is 0 Å². The van der Waals surface area contributed by atoms with Crippen molar-refractivity contribution in [1.82, 2.24) is 5.32 Å². The Morgan fingerprint density at radius 3 is 2.28 bits per heavy atom. The summed E-state index contributed by atoms with van der Waals surface area (Å²) in [6, 6.07) is 3.22. The Morgan fingerprint density at radius 2 is 1.72 bits per heavy atom. The van der Waals surface area contributed by atoms with Crippen LogP contribution in [0, 0.1) is 24.5 Å². The third-order valence-electron chi connectivity index (χ3n) is 3.48. The van der Waals surface area contributed by atoms with Crippen LogP contribution in [-0.2, 0) is 0 Å². The first-order valence-corrected chi connectivity index (χ1v) is 6.52. The molecule has 3 heteroatoms. The SMILES string of the molecule is Cc1ccc(F)c(C(C)C(C)CNC(C)C)c1F. The van der Waals surface area contributed by atoms with E-state index in [2.05, 4.69) is 19.2 Å². The fourth-order valence-corrected chi connectivity index (χ4v) is 1.98. The lowest BCUT2D eigenvalue weighted by Gasteiger charge is -2.23. The molecule has 1 rings (SSSR count). The van der Waals surface area contributed by atoms with E-state index in [1.807, 2.05) is 13.8 Å². The first-order valence-electron chi connectivity index (χ1n) is 6.52. The van der Waals surface area contributed by atoms with Gasteiger partial charge in [0.25, 0.3) is 0 Å². The second-order valence-corrected chi connectivity index (χ2v) is 5.42. The van der Waals surface area contributed by atoms with Crippen molar-refractivity contribution in [1.29, 1.82) is 0 Å². The summed E-state index contributed by atoms with van der Waals surface area (Å²) in [5.74, 6) is -0.810. The molecular formula is C15H23F2N. The van der Waals surface area contributed by atoms with Crippen molar-refractivity contribution in [3.8, 4) is 0 Å². The minimum absolute atomic E-state index is 0.142. The van der Waals surface area contributed by atoms with E-state index < -0.39 is 11.6 Å². The Labute approximate surface area is 109 Å². The highest BCUT2D eigenvalue weighted by Crippen LogP contribution is 2.29. The van der Waals surface area contributed by atoms with Gasteiger partial charge in [0.15, 0.2) is 0 Å². The molecule has 2 atom stereocenters. The summed E-state index contributed by atoms with van der Waals surface area (Å²) in [6.45, 7) is 10.4. The van der Waals surface area contributed by atoms with Crippen molar-refractivity contribution >= 4 is 0 Å². The molecular weight excluding hydrogens is 232 g/mol. The maximum atomic E-state index is 14.0. The van der Waals surface area contributed by atoms with Crippen LogP contribution in [0.25, 0.3) is 0 Å². The molecule has 0 saturated carbocycles. The molecule has 0 saturated heterocycles. The van der Waals surface area contributed by atoms with Gasteiger partial charge in [-0.1, -0.05) is 33.8 Å². The van der Waals surface area contributed by atoms with Gasteiger partial charge in [-0.25, -0.2) is 8.78 Å². The summed E-state index contributed by atoms with van der Waals surface area (Å²) >= 11 is 0. The Morgan fingerprint density at radius 1 is 1.11 bits per heavy atom. The van der Waals surface area contributed by atoms with Gasteiger partial charge in [0.2, 0.25) is 0 Å². The van der Waals surface area contributed by atoms with Crippen molar-refractivity contribution in [2.24, 2.45) is 5.92 Å². The molecule has 0 radical (unpaired) electrons. The van der Waals surface area contributed by atoms with Crippen LogP contribution in [0.1, 0.15) is 44.7 Å². The first kappa shape index (κ1) is 15.1. The van der Waals surface area contributed by atoms with Gasteiger partial charge in [0.05, 0.1) is 0 Å². The number of benzene rings is 1. The van der Waals surface area contributed by atoms with Crippen molar-refractivity contribution in [3.63, 3.8) is 0 Å². The molecule has 0 bridgehead atoms. The van der Waals surface area contributed by atoms with Gasteiger partial charge in [0.1, 0.15) is 11.6 Å². The van der Waals surface area contributed by atoms with Crippen LogP contribution < -0.4 is 5.32 Å². The normalized spacial score (nSPS) is 14.9. The lowest BCUT2D eigenvalue weighted by molar-refractivity contribution is 0.403. The molecule has 0 amide bonds. The van der Waals surface area contributed by atoms with Gasteiger partial charge in [-0.3, -0.25) is 0 Å². The van der Waals surface area contributed by atoms with E-state index in [9.17, 15) is 8.78 Å². The maximum absolute atomic E-state index is 14.0. The monoisotopic (exact) mass is 255 g/mol. The molecule has 18 heavy (non-hydrogen) atoms. The number of hydrogen-bond donors (Lipinski definition) is 1. The first-order chi connectivity index (χ1) is 8.34. The van der Waals surface area contributed by atoms with Crippen molar-refractivity contribution in [3.05, 3.63) is 34.9 Å². The van der Waals surface area contributed by atoms with Crippen LogP contribution in [0.5, 0.6) is 0 Å². The Balaban J connectivity index is 2.89. The minimum atomic E-state index is -0.443. The number of hydrogen-bond acceptors (Lipinski definition) is 1. The van der Waals surface area contributed by atoms with Crippen molar-refractivity contribution < 1.29 is 8.78 Å². The van der Waals surface area contributed by atoms with E-state index in [0.717, 1.165) is 6.54 Å². The smallest absolute Gasteiger partial charge is 0.132 e. The molecule has 0 aliphatic heterocycles. The minimum Gasteiger partial charge on any atom is -0.314 e. The predicted molar refractivity (Wildman–Crippen MR) is 71.8 cm³/mol. The van der Waals surface area contributed by atoms with E-state index in [0.29, 0.717) is 11.6 Å². The summed E-state index contributed by atoms with van der Waals surface area (Å²) in [5.41, 5.74) is 0.718. The molecule has 2 unspecified atom stereocenters. The van der Waals surface area contributed by atoms with Gasteiger partial charge in [-0.2, -0.15) is 0 Å². The molecule has 1 nitrogen and oxygen atoms in total. The Hall–Kier alpha value is -0.960. The van der Waals surface area contributed by atoms with E-state index in [1.54, 1.807) is 6.92 Å². The average Bonchev–Trinajstić information content (AvgIpc) is 2.31. The topological polar surface area (TPSA) is 12.0 Å². The highest BCUT2D eigenvalue weighted by atomic mass is 19.1. The molecule has 1 N–H and O–H groups in total. The summed E-state index contributed by atoms with van der Waals surface area (Å²) in [5, 5.41) is 3.30. The molecule has 0 aliphatic carbocycles. The van der Waals surface area contributed by atoms with Crippen LogP contribution in [0.15, 0.2) is 12.1 Å². The lowest BCUT2D eigenvalue weighted by atomic mass is 9.87. The van der Waals surface area contributed by atoms with Crippen LogP contribution in [-0.4, -0.2) is 12.6 Å². The molecule has 1 aromatic carbocycles. The Bertz CT molecular complexity index is 402. The highest BCUT2D eigenvalue weighted by Gasteiger charge is 2.22. The quantitative estimate of drug-likeness (QED) is 0.838. The summed E-state index contributed by atoms with van der Waals surface area (Å²) < 4.78 is 27.8. The zero-order valence-corrected chi connectivity index (χ0v) is 11.8. The Kier molecular flexibility index (Phi) is 5.27. The maximum Gasteiger partial charge on any atom is 0.132 e. The molecule has 0 fully saturated rings. The lowest BCUT2D eigenvalue weighted by Crippen LogP contribution is -2.30. The van der Waals surface area contributed by atoms with Crippen LogP contribution in [0.4, 0.5) is 8.78 Å². The zero-order valence-electron chi connectivity index (χ0n) is 11.8. The summed E-state index contributed by atoms with van der Waals surface area (Å²) in [7, 11) is 0. The third-order valence-corrected chi connectivity index (χ3v) is 3.48. The molecule has 102 valence electrons. The standard InChI is InChI=1S/C15H23F2N/c1-9(2)18-8-11(4)12(5)14-13(16)7-6-10(3)15(14)17/h6-7,9,11-12,18H,8H2,1-5H3. The van der Waals surface area contributed by atoms with Crippen molar-refractivity contribution in [2.45, 2.75) is 46.6 Å². The van der Waals surface area contributed by atoms with Crippen LogP contribution in [0.3, 0.4) is 0 Å². The van der Waals surface area contributed by atoms with Crippen LogP contribution >= 0.6 is 0 Å². The van der Waals surface area contributed by atoms with Gasteiger partial charge < -0.3 is 5.32 Å². The van der Waals surface area contributed by atoms with E-state index in [-0.39, 0.29) is 17.4 Å². The second-order valence-electron chi connectivity index (χ2n) is 5.42. The molecule has 1 aromatic rings. The number of aryl methyl sites for hydroxylation is 1. The van der Waals surface area contributed by atoms with E-state index in [1.165, 1.54) is 12.1 Å². The average molecular weight is 255 g/mol. The molecule has 0 heterocycles. The molecule has 0 aromatic heterocycles. The second kappa shape index (κ2) is 6.28. The molecule has 0 spiro atoms. The van der Waals surface area contributed by atoms with Gasteiger partial charge in [-0.15, -0.1) is 0 Å². The predicted octanol–water partition coefficient (Wildman–Crippen LogP) is 4.01. The van der Waals surface area contributed by atoms with Gasteiger partial charge in [-0.05, 0) is 36.9 Å². The third kappa shape index (κ3) is 3.52. The molecule has 0 aliphatic rings. The van der Waals surface area contributed by atoms with Gasteiger partial charge in [0, 0.05) is 11.6 Å².